The van der Waals surface area contributed by atoms with Crippen LogP contribution in [0, 0.1) is 0 Å². The van der Waals surface area contributed by atoms with Gasteiger partial charge in [-0.1, -0.05) is 12.1 Å². The number of benzene rings is 1. The van der Waals surface area contributed by atoms with Crippen molar-refractivity contribution < 1.29 is 18.0 Å². The van der Waals surface area contributed by atoms with Crippen LogP contribution in [0.2, 0.25) is 0 Å². The third-order valence-corrected chi connectivity index (χ3v) is 3.44. The van der Waals surface area contributed by atoms with E-state index >= 15 is 0 Å². The summed E-state index contributed by atoms with van der Waals surface area (Å²) in [4.78, 5) is 15.2. The van der Waals surface area contributed by atoms with Crippen molar-refractivity contribution in [1.82, 2.24) is 4.98 Å². The Balaban J connectivity index is 2.13. The Kier molecular flexibility index (Phi) is 3.57. The van der Waals surface area contributed by atoms with Crippen LogP contribution in [0.3, 0.4) is 0 Å². The number of nitrogens with two attached hydrogens (primary N) is 1. The second kappa shape index (κ2) is 5.00. The monoisotopic (exact) mass is 286 g/mol. The van der Waals surface area contributed by atoms with Crippen LogP contribution < -0.4 is 5.73 Å². The summed E-state index contributed by atoms with van der Waals surface area (Å²) in [7, 11) is 0. The van der Waals surface area contributed by atoms with Crippen molar-refractivity contribution in [2.75, 3.05) is 0 Å². The molecule has 0 atom stereocenters. The minimum absolute atomic E-state index is 0.335. The van der Waals surface area contributed by atoms with Crippen molar-refractivity contribution in [3.63, 3.8) is 0 Å². The number of thiazole rings is 1. The summed E-state index contributed by atoms with van der Waals surface area (Å²) >= 11 is 1.14. The molecule has 0 radical (unpaired) electrons. The number of aromatic nitrogens is 1. The third kappa shape index (κ3) is 3.31. The molecule has 7 heteroatoms. The molecule has 0 aliphatic rings. The fourth-order valence-corrected chi connectivity index (χ4v) is 2.30. The molecule has 1 amide bonds. The van der Waals surface area contributed by atoms with E-state index in [0.717, 1.165) is 23.5 Å². The molecule has 0 aliphatic carbocycles. The Morgan fingerprint density at radius 2 is 1.89 bits per heavy atom. The number of alkyl halides is 3. The number of amides is 1. The van der Waals surface area contributed by atoms with Gasteiger partial charge in [0.2, 0.25) is 0 Å². The smallest absolute Gasteiger partial charge is 0.365 e. The molecule has 2 rings (SSSR count). The van der Waals surface area contributed by atoms with Crippen LogP contribution in [0.25, 0.3) is 0 Å². The number of carbonyl (C=O) groups excluding carboxylic acids is 1. The highest BCUT2D eigenvalue weighted by molar-refractivity contribution is 7.13. The van der Waals surface area contributed by atoms with E-state index in [0.29, 0.717) is 21.9 Å². The summed E-state index contributed by atoms with van der Waals surface area (Å²) < 4.78 is 37.1. The van der Waals surface area contributed by atoms with Gasteiger partial charge in [-0.05, 0) is 17.7 Å². The van der Waals surface area contributed by atoms with Gasteiger partial charge >= 0.3 is 6.18 Å². The molecule has 0 spiro atoms. The number of primary amides is 1. The van der Waals surface area contributed by atoms with E-state index < -0.39 is 17.6 Å². The molecule has 19 heavy (non-hydrogen) atoms. The molecule has 0 aliphatic heterocycles. The zero-order chi connectivity index (χ0) is 14.0. The van der Waals surface area contributed by atoms with Crippen LogP contribution in [0.4, 0.5) is 13.2 Å². The maximum absolute atomic E-state index is 12.4. The Bertz CT molecular complexity index is 590. The predicted octanol–water partition coefficient (Wildman–Crippen LogP) is 2.85. The Labute approximate surface area is 110 Å². The van der Waals surface area contributed by atoms with Gasteiger partial charge in [-0.25, -0.2) is 4.98 Å². The number of hydrogen-bond acceptors (Lipinski definition) is 3. The van der Waals surface area contributed by atoms with E-state index in [1.807, 2.05) is 0 Å². The number of rotatable bonds is 3. The average molecular weight is 286 g/mol. The van der Waals surface area contributed by atoms with Crippen LogP contribution in [0.15, 0.2) is 30.5 Å². The van der Waals surface area contributed by atoms with Crippen molar-refractivity contribution in [2.24, 2.45) is 5.73 Å². The number of hydrogen-bond donors (Lipinski definition) is 1. The van der Waals surface area contributed by atoms with Gasteiger partial charge in [0, 0.05) is 6.42 Å². The lowest BCUT2D eigenvalue weighted by Crippen LogP contribution is -2.08. The number of halogens is 3. The SMILES string of the molecule is NC(=O)c1cnc(Cc2ccc(C(F)(F)F)cc2)s1. The molecule has 0 unspecified atom stereocenters. The van der Waals surface area contributed by atoms with Crippen molar-refractivity contribution in [3.8, 4) is 0 Å². The summed E-state index contributed by atoms with van der Waals surface area (Å²) in [5.41, 5.74) is 5.10. The first-order valence-corrected chi connectivity index (χ1v) is 6.08. The van der Waals surface area contributed by atoms with Crippen molar-refractivity contribution in [2.45, 2.75) is 12.6 Å². The highest BCUT2D eigenvalue weighted by Gasteiger charge is 2.29. The lowest BCUT2D eigenvalue weighted by atomic mass is 10.1. The fourth-order valence-electron chi connectivity index (χ4n) is 1.49. The first-order chi connectivity index (χ1) is 8.86. The highest BCUT2D eigenvalue weighted by Crippen LogP contribution is 2.29. The maximum Gasteiger partial charge on any atom is 0.416 e. The molecule has 0 saturated carbocycles. The van der Waals surface area contributed by atoms with E-state index in [4.69, 9.17) is 5.73 Å². The van der Waals surface area contributed by atoms with Gasteiger partial charge in [-0.3, -0.25) is 4.79 Å². The Morgan fingerprint density at radius 1 is 1.26 bits per heavy atom. The quantitative estimate of drug-likeness (QED) is 0.943. The molecular formula is C12H9F3N2OS. The van der Waals surface area contributed by atoms with Gasteiger partial charge in [0.1, 0.15) is 4.88 Å². The van der Waals surface area contributed by atoms with E-state index in [1.165, 1.54) is 18.3 Å². The second-order valence-corrected chi connectivity index (χ2v) is 4.97. The molecule has 100 valence electrons. The molecule has 1 aromatic heterocycles. The lowest BCUT2D eigenvalue weighted by molar-refractivity contribution is -0.137. The summed E-state index contributed by atoms with van der Waals surface area (Å²) in [6.45, 7) is 0. The van der Waals surface area contributed by atoms with Gasteiger partial charge in [0.05, 0.1) is 16.8 Å². The Morgan fingerprint density at radius 3 is 2.37 bits per heavy atom. The minimum Gasteiger partial charge on any atom is -0.365 e. The fraction of sp³-hybridized carbons (Fsp3) is 0.167. The first kappa shape index (κ1) is 13.5. The van der Waals surface area contributed by atoms with Crippen LogP contribution in [-0.4, -0.2) is 10.9 Å². The summed E-state index contributed by atoms with van der Waals surface area (Å²) in [6, 6.07) is 4.85. The lowest BCUT2D eigenvalue weighted by Gasteiger charge is -2.06. The zero-order valence-corrected chi connectivity index (χ0v) is 10.4. The number of nitrogens with zero attached hydrogens (tertiary/aromatic N) is 1. The van der Waals surface area contributed by atoms with Crippen LogP contribution in [0.1, 0.15) is 25.8 Å². The molecular weight excluding hydrogens is 277 g/mol. The molecule has 3 nitrogen and oxygen atoms in total. The largest absolute Gasteiger partial charge is 0.416 e. The second-order valence-electron chi connectivity index (χ2n) is 3.85. The van der Waals surface area contributed by atoms with Gasteiger partial charge in [-0.2, -0.15) is 13.2 Å². The van der Waals surface area contributed by atoms with Gasteiger partial charge in [-0.15, -0.1) is 11.3 Å². The topological polar surface area (TPSA) is 56.0 Å². The number of carbonyl (C=O) groups is 1. The van der Waals surface area contributed by atoms with Crippen molar-refractivity contribution in [1.29, 1.82) is 0 Å². The molecule has 2 N–H and O–H groups in total. The third-order valence-electron chi connectivity index (χ3n) is 2.43. The molecule has 0 saturated heterocycles. The summed E-state index contributed by atoms with van der Waals surface area (Å²) in [6.07, 6.45) is -2.60. The molecule has 0 fully saturated rings. The minimum atomic E-state index is -4.33. The van der Waals surface area contributed by atoms with E-state index in [-0.39, 0.29) is 0 Å². The van der Waals surface area contributed by atoms with E-state index in [9.17, 15) is 18.0 Å². The van der Waals surface area contributed by atoms with E-state index in [2.05, 4.69) is 4.98 Å². The highest BCUT2D eigenvalue weighted by atomic mass is 32.1. The zero-order valence-electron chi connectivity index (χ0n) is 9.57. The Hall–Kier alpha value is -1.89. The van der Waals surface area contributed by atoms with Gasteiger partial charge in [0.15, 0.2) is 0 Å². The van der Waals surface area contributed by atoms with Crippen molar-refractivity contribution >= 4 is 17.2 Å². The molecule has 2 aromatic rings. The average Bonchev–Trinajstić information content (AvgIpc) is 2.77. The molecule has 0 bridgehead atoms. The first-order valence-electron chi connectivity index (χ1n) is 5.27. The van der Waals surface area contributed by atoms with Crippen LogP contribution >= 0.6 is 11.3 Å². The summed E-state index contributed by atoms with van der Waals surface area (Å²) in [5, 5.41) is 0.633. The standard InChI is InChI=1S/C12H9F3N2OS/c13-12(14,15)8-3-1-7(2-4-8)5-10-17-6-9(19-10)11(16)18/h1-4,6H,5H2,(H2,16,18). The van der Waals surface area contributed by atoms with Gasteiger partial charge < -0.3 is 5.73 Å². The van der Waals surface area contributed by atoms with Crippen LogP contribution in [-0.2, 0) is 12.6 Å². The summed E-state index contributed by atoms with van der Waals surface area (Å²) in [5.74, 6) is -0.559. The maximum atomic E-state index is 12.4. The van der Waals surface area contributed by atoms with Crippen molar-refractivity contribution in [3.05, 3.63) is 51.5 Å². The van der Waals surface area contributed by atoms with Crippen LogP contribution in [0.5, 0.6) is 0 Å². The molecule has 1 heterocycles. The normalized spacial score (nSPS) is 11.5. The van der Waals surface area contributed by atoms with Gasteiger partial charge in [0.25, 0.3) is 5.91 Å². The van der Waals surface area contributed by atoms with E-state index in [1.54, 1.807) is 0 Å². The molecule has 1 aromatic carbocycles. The predicted molar refractivity (Wildman–Crippen MR) is 64.9 cm³/mol.